The second-order valence-corrected chi connectivity index (χ2v) is 8.62. The molecule has 1 amide bonds. The molecule has 0 spiro atoms. The average Bonchev–Trinajstić information content (AvgIpc) is 3.22. The van der Waals surface area contributed by atoms with Gasteiger partial charge in [-0.15, -0.1) is 0 Å². The number of H-pyrrole nitrogens is 1. The molecule has 1 fully saturated rings. The van der Waals surface area contributed by atoms with Crippen molar-refractivity contribution < 1.29 is 9.53 Å². The van der Waals surface area contributed by atoms with Crippen LogP contribution in [0.4, 0.5) is 0 Å². The molecule has 3 atom stereocenters. The van der Waals surface area contributed by atoms with E-state index in [2.05, 4.69) is 16.3 Å². The largest absolute Gasteiger partial charge is 0.497 e. The van der Waals surface area contributed by atoms with E-state index in [4.69, 9.17) is 4.74 Å². The molecule has 0 radical (unpaired) electrons. The van der Waals surface area contributed by atoms with Gasteiger partial charge >= 0.3 is 0 Å². The Hall–Kier alpha value is -3.35. The van der Waals surface area contributed by atoms with Crippen molar-refractivity contribution in [2.24, 2.45) is 5.92 Å². The summed E-state index contributed by atoms with van der Waals surface area (Å²) in [6, 6.07) is 15.3. The van der Waals surface area contributed by atoms with Crippen LogP contribution in [-0.4, -0.2) is 45.8 Å². The van der Waals surface area contributed by atoms with Crippen LogP contribution in [0.15, 0.2) is 53.3 Å². The van der Waals surface area contributed by atoms with E-state index in [1.54, 1.807) is 19.2 Å². The highest BCUT2D eigenvalue weighted by Crippen LogP contribution is 2.42. The molecule has 5 rings (SSSR count). The molecule has 2 aromatic heterocycles. The summed E-state index contributed by atoms with van der Waals surface area (Å²) in [5, 5.41) is 7.02. The number of benzene rings is 1. The number of likely N-dealkylation sites (tertiary alicyclic amines) is 1. The Bertz CT molecular complexity index is 1180. The third kappa shape index (κ3) is 3.54. The van der Waals surface area contributed by atoms with E-state index in [9.17, 15) is 9.59 Å². The zero-order valence-corrected chi connectivity index (χ0v) is 17.7. The van der Waals surface area contributed by atoms with Gasteiger partial charge in [0.1, 0.15) is 11.4 Å². The van der Waals surface area contributed by atoms with Crippen molar-refractivity contribution in [1.29, 1.82) is 0 Å². The fraction of sp³-hybridized carbons (Fsp3) is 0.375. The predicted octanol–water partition coefficient (Wildman–Crippen LogP) is 2.93. The van der Waals surface area contributed by atoms with Crippen molar-refractivity contribution in [1.82, 2.24) is 19.7 Å². The van der Waals surface area contributed by atoms with Crippen LogP contribution in [0.5, 0.6) is 5.75 Å². The molecule has 1 N–H and O–H groups in total. The maximum atomic E-state index is 13.1. The number of carbonyl (C=O) groups is 1. The fourth-order valence-corrected chi connectivity index (χ4v) is 5.20. The van der Waals surface area contributed by atoms with Crippen molar-refractivity contribution in [3.8, 4) is 5.75 Å². The number of nitrogens with one attached hydrogen (secondary N) is 1. The first-order valence-electron chi connectivity index (χ1n) is 10.7. The van der Waals surface area contributed by atoms with Gasteiger partial charge < -0.3 is 14.2 Å². The van der Waals surface area contributed by atoms with Crippen LogP contribution in [0.1, 0.15) is 45.8 Å². The van der Waals surface area contributed by atoms with E-state index in [1.165, 1.54) is 0 Å². The van der Waals surface area contributed by atoms with E-state index >= 15 is 0 Å². The Morgan fingerprint density at radius 1 is 1.19 bits per heavy atom. The summed E-state index contributed by atoms with van der Waals surface area (Å²) in [6.45, 7) is 3.12. The van der Waals surface area contributed by atoms with E-state index in [0.717, 1.165) is 35.5 Å². The Balaban J connectivity index is 1.51. The summed E-state index contributed by atoms with van der Waals surface area (Å²) in [5.74, 6) is 1.10. The van der Waals surface area contributed by atoms with Gasteiger partial charge in [0.2, 0.25) is 0 Å². The molecule has 0 saturated carbocycles. The molecule has 2 aliphatic rings. The lowest BCUT2D eigenvalue weighted by molar-refractivity contribution is 0.0523. The lowest BCUT2D eigenvalue weighted by Gasteiger charge is -2.47. The molecular weight excluding hydrogens is 392 g/mol. The van der Waals surface area contributed by atoms with Crippen LogP contribution in [0.25, 0.3) is 0 Å². The number of aromatic nitrogens is 3. The Morgan fingerprint density at radius 2 is 2.03 bits per heavy atom. The Kier molecular flexibility index (Phi) is 4.88. The molecule has 7 nitrogen and oxygen atoms in total. The van der Waals surface area contributed by atoms with Crippen LogP contribution in [0, 0.1) is 12.8 Å². The highest BCUT2D eigenvalue weighted by atomic mass is 16.5. The molecule has 2 aliphatic heterocycles. The summed E-state index contributed by atoms with van der Waals surface area (Å²) < 4.78 is 7.36. The predicted molar refractivity (Wildman–Crippen MR) is 117 cm³/mol. The molecule has 7 heteroatoms. The molecule has 2 bridgehead atoms. The third-order valence-electron chi connectivity index (χ3n) is 6.59. The van der Waals surface area contributed by atoms with E-state index in [1.807, 2.05) is 46.7 Å². The van der Waals surface area contributed by atoms with Crippen LogP contribution in [-0.2, 0) is 6.42 Å². The minimum absolute atomic E-state index is 0.0106. The van der Waals surface area contributed by atoms with E-state index < -0.39 is 0 Å². The Morgan fingerprint density at radius 3 is 2.81 bits per heavy atom. The second kappa shape index (κ2) is 7.72. The number of pyridine rings is 1. The Labute approximate surface area is 180 Å². The van der Waals surface area contributed by atoms with E-state index in [-0.39, 0.29) is 29.3 Å². The maximum absolute atomic E-state index is 13.1. The quantitative estimate of drug-likeness (QED) is 0.707. The van der Waals surface area contributed by atoms with Gasteiger partial charge in [-0.25, -0.2) is 0 Å². The summed E-state index contributed by atoms with van der Waals surface area (Å²) in [7, 11) is 1.66. The van der Waals surface area contributed by atoms with Crippen LogP contribution in [0.2, 0.25) is 0 Å². The van der Waals surface area contributed by atoms with Gasteiger partial charge in [0.25, 0.3) is 11.5 Å². The van der Waals surface area contributed by atoms with Crippen molar-refractivity contribution in [2.45, 2.75) is 31.7 Å². The summed E-state index contributed by atoms with van der Waals surface area (Å²) >= 11 is 0. The molecular formula is C24H26N4O3. The van der Waals surface area contributed by atoms with Gasteiger partial charge in [0.05, 0.1) is 7.11 Å². The monoisotopic (exact) mass is 418 g/mol. The number of hydrogen-bond donors (Lipinski definition) is 1. The number of methoxy groups -OCH3 is 1. The molecule has 31 heavy (non-hydrogen) atoms. The first-order chi connectivity index (χ1) is 15.0. The fourth-order valence-electron chi connectivity index (χ4n) is 5.20. The van der Waals surface area contributed by atoms with Crippen molar-refractivity contribution in [3.05, 3.63) is 81.5 Å². The van der Waals surface area contributed by atoms with Gasteiger partial charge in [-0.05, 0) is 55.5 Å². The summed E-state index contributed by atoms with van der Waals surface area (Å²) in [4.78, 5) is 27.9. The first kappa shape index (κ1) is 19.6. The smallest absolute Gasteiger partial charge is 0.274 e. The average molecular weight is 418 g/mol. The number of aromatic amines is 1. The molecule has 3 aromatic rings. The van der Waals surface area contributed by atoms with Crippen molar-refractivity contribution in [2.75, 3.05) is 20.2 Å². The number of hydrogen-bond acceptors (Lipinski definition) is 4. The molecule has 4 heterocycles. The summed E-state index contributed by atoms with van der Waals surface area (Å²) in [5.41, 5.74) is 3.49. The number of aryl methyl sites for hydroxylation is 1. The number of amides is 1. The second-order valence-electron chi connectivity index (χ2n) is 8.62. The van der Waals surface area contributed by atoms with Gasteiger partial charge in [0.15, 0.2) is 0 Å². The van der Waals surface area contributed by atoms with Crippen molar-refractivity contribution >= 4 is 5.91 Å². The number of carbonyl (C=O) groups excluding carboxylic acids is 1. The SMILES string of the molecule is COc1cccc(C[C@H]2[C@H]3C[C@H](CN(C(=O)c4cc(C)[nH]n4)C3)c3cccc(=O)n32)c1. The lowest BCUT2D eigenvalue weighted by Crippen LogP contribution is -2.51. The molecule has 1 aromatic carbocycles. The van der Waals surface area contributed by atoms with Gasteiger partial charge in [-0.1, -0.05) is 18.2 Å². The number of rotatable bonds is 4. The minimum Gasteiger partial charge on any atom is -0.497 e. The van der Waals surface area contributed by atoms with Gasteiger partial charge in [-0.3, -0.25) is 14.7 Å². The normalized spacial score (nSPS) is 22.1. The third-order valence-corrected chi connectivity index (χ3v) is 6.59. The zero-order valence-electron chi connectivity index (χ0n) is 17.7. The van der Waals surface area contributed by atoms with Crippen LogP contribution < -0.4 is 10.3 Å². The molecule has 160 valence electrons. The standard InChI is InChI=1S/C24H26N4O3/c1-15-9-20(26-25-15)24(30)27-13-17-12-18(14-27)22(28-21(17)7-4-8-23(28)29)11-16-5-3-6-19(10-16)31-2/h3-10,17-18,22H,11-14H2,1-2H3,(H,25,26)/t17-,18+,22+/m1/s1. The summed E-state index contributed by atoms with van der Waals surface area (Å²) in [6.07, 6.45) is 1.69. The highest BCUT2D eigenvalue weighted by molar-refractivity contribution is 5.92. The highest BCUT2D eigenvalue weighted by Gasteiger charge is 2.42. The topological polar surface area (TPSA) is 80.2 Å². The van der Waals surface area contributed by atoms with Crippen molar-refractivity contribution in [3.63, 3.8) is 0 Å². The lowest BCUT2D eigenvalue weighted by atomic mass is 9.76. The molecule has 0 unspecified atom stereocenters. The minimum atomic E-state index is -0.0501. The van der Waals surface area contributed by atoms with Gasteiger partial charge in [-0.2, -0.15) is 5.10 Å². The van der Waals surface area contributed by atoms with Crippen LogP contribution >= 0.6 is 0 Å². The van der Waals surface area contributed by atoms with Gasteiger partial charge in [0, 0.05) is 42.5 Å². The number of nitrogens with zero attached hydrogens (tertiary/aromatic N) is 3. The number of fused-ring (bicyclic) bond motifs is 4. The number of piperidine rings is 1. The van der Waals surface area contributed by atoms with Crippen LogP contribution in [0.3, 0.4) is 0 Å². The number of ether oxygens (including phenoxy) is 1. The maximum Gasteiger partial charge on any atom is 0.274 e. The zero-order chi connectivity index (χ0) is 21.5. The first-order valence-corrected chi connectivity index (χ1v) is 10.7. The van der Waals surface area contributed by atoms with E-state index in [0.29, 0.717) is 18.8 Å². The molecule has 1 saturated heterocycles. The molecule has 0 aliphatic carbocycles.